The zero-order valence-electron chi connectivity index (χ0n) is 11.1. The van der Waals surface area contributed by atoms with Gasteiger partial charge in [0.15, 0.2) is 11.6 Å². The number of hydrogen-bond acceptors (Lipinski definition) is 4. The SMILES string of the molecule is CCc1nnc(C)cc1C(=O)Nc1ccc(O)c(F)c1. The van der Waals surface area contributed by atoms with Gasteiger partial charge in [-0.25, -0.2) is 4.39 Å². The first-order valence-corrected chi connectivity index (χ1v) is 6.14. The molecule has 2 rings (SSSR count). The smallest absolute Gasteiger partial charge is 0.257 e. The molecule has 2 aromatic rings. The van der Waals surface area contributed by atoms with Crippen LogP contribution >= 0.6 is 0 Å². The van der Waals surface area contributed by atoms with Gasteiger partial charge in [-0.05, 0) is 31.5 Å². The second-order valence-corrected chi connectivity index (χ2v) is 4.32. The highest BCUT2D eigenvalue weighted by atomic mass is 19.1. The van der Waals surface area contributed by atoms with E-state index in [4.69, 9.17) is 5.11 Å². The molecular formula is C14H14FN3O2. The Morgan fingerprint density at radius 2 is 2.10 bits per heavy atom. The molecule has 5 nitrogen and oxygen atoms in total. The standard InChI is InChI=1S/C14H14FN3O2/c1-3-12-10(6-8(2)17-18-12)14(20)16-9-4-5-13(19)11(15)7-9/h4-7,19H,3H2,1-2H3,(H,16,20). The van der Waals surface area contributed by atoms with Crippen molar-refractivity contribution in [3.63, 3.8) is 0 Å². The third-order valence-corrected chi connectivity index (χ3v) is 2.78. The summed E-state index contributed by atoms with van der Waals surface area (Å²) in [5.41, 5.74) is 1.88. The van der Waals surface area contributed by atoms with Crippen molar-refractivity contribution >= 4 is 11.6 Å². The summed E-state index contributed by atoms with van der Waals surface area (Å²) in [7, 11) is 0. The molecule has 1 aromatic heterocycles. The fraction of sp³-hybridized carbons (Fsp3) is 0.214. The van der Waals surface area contributed by atoms with E-state index in [9.17, 15) is 9.18 Å². The van der Waals surface area contributed by atoms with E-state index >= 15 is 0 Å². The number of carbonyl (C=O) groups is 1. The summed E-state index contributed by atoms with van der Waals surface area (Å²) in [5.74, 6) is -1.63. The van der Waals surface area contributed by atoms with Crippen LogP contribution < -0.4 is 5.32 Å². The van der Waals surface area contributed by atoms with Crippen molar-refractivity contribution in [3.8, 4) is 5.75 Å². The highest BCUT2D eigenvalue weighted by molar-refractivity contribution is 6.05. The number of phenols is 1. The quantitative estimate of drug-likeness (QED) is 0.844. The van der Waals surface area contributed by atoms with Crippen LogP contribution in [0.5, 0.6) is 5.75 Å². The molecule has 2 N–H and O–H groups in total. The molecule has 0 fully saturated rings. The Labute approximate surface area is 115 Å². The molecule has 6 heteroatoms. The molecular weight excluding hydrogens is 261 g/mol. The molecule has 0 saturated carbocycles. The number of phenolic OH excluding ortho intramolecular Hbond substituents is 1. The Balaban J connectivity index is 2.27. The maximum absolute atomic E-state index is 13.2. The van der Waals surface area contributed by atoms with E-state index in [2.05, 4.69) is 15.5 Å². The monoisotopic (exact) mass is 275 g/mol. The van der Waals surface area contributed by atoms with Gasteiger partial charge in [0, 0.05) is 11.8 Å². The van der Waals surface area contributed by atoms with E-state index in [0.29, 0.717) is 23.4 Å². The van der Waals surface area contributed by atoms with Crippen LogP contribution in [-0.4, -0.2) is 21.2 Å². The minimum absolute atomic E-state index is 0.266. The van der Waals surface area contributed by atoms with Gasteiger partial charge < -0.3 is 10.4 Å². The van der Waals surface area contributed by atoms with Gasteiger partial charge >= 0.3 is 0 Å². The average Bonchev–Trinajstić information content (AvgIpc) is 2.43. The maximum Gasteiger partial charge on any atom is 0.257 e. The zero-order valence-corrected chi connectivity index (χ0v) is 11.1. The molecule has 20 heavy (non-hydrogen) atoms. The van der Waals surface area contributed by atoms with Crippen LogP contribution in [0.15, 0.2) is 24.3 Å². The van der Waals surface area contributed by atoms with E-state index in [1.54, 1.807) is 13.0 Å². The molecule has 0 saturated heterocycles. The number of anilines is 1. The molecule has 1 amide bonds. The third-order valence-electron chi connectivity index (χ3n) is 2.78. The van der Waals surface area contributed by atoms with Crippen molar-refractivity contribution in [1.82, 2.24) is 10.2 Å². The van der Waals surface area contributed by atoms with Crippen LogP contribution in [0.1, 0.15) is 28.7 Å². The average molecular weight is 275 g/mol. The lowest BCUT2D eigenvalue weighted by Gasteiger charge is -2.09. The minimum atomic E-state index is -0.789. The molecule has 0 spiro atoms. The van der Waals surface area contributed by atoms with Crippen LogP contribution in [0.4, 0.5) is 10.1 Å². The minimum Gasteiger partial charge on any atom is -0.505 e. The first-order chi connectivity index (χ1) is 9.51. The predicted octanol–water partition coefficient (Wildman–Crippen LogP) is 2.44. The molecule has 0 atom stereocenters. The summed E-state index contributed by atoms with van der Waals surface area (Å²) >= 11 is 0. The first-order valence-electron chi connectivity index (χ1n) is 6.14. The van der Waals surface area contributed by atoms with E-state index in [1.807, 2.05) is 6.92 Å². The number of carbonyl (C=O) groups excluding carboxylic acids is 1. The summed E-state index contributed by atoms with van der Waals surface area (Å²) in [6.45, 7) is 3.61. The number of aromatic nitrogens is 2. The molecule has 0 unspecified atom stereocenters. The Morgan fingerprint density at radius 1 is 1.35 bits per heavy atom. The lowest BCUT2D eigenvalue weighted by atomic mass is 10.1. The summed E-state index contributed by atoms with van der Waals surface area (Å²) in [4.78, 5) is 12.2. The normalized spacial score (nSPS) is 10.3. The lowest BCUT2D eigenvalue weighted by Crippen LogP contribution is -2.16. The summed E-state index contributed by atoms with van der Waals surface area (Å²) < 4.78 is 13.2. The number of hydrogen-bond donors (Lipinski definition) is 2. The van der Waals surface area contributed by atoms with E-state index < -0.39 is 11.6 Å². The molecule has 1 aromatic carbocycles. The molecule has 0 aliphatic carbocycles. The Bertz CT molecular complexity index is 659. The Hall–Kier alpha value is -2.50. The second kappa shape index (κ2) is 5.64. The van der Waals surface area contributed by atoms with Gasteiger partial charge in [0.2, 0.25) is 0 Å². The summed E-state index contributed by atoms with van der Waals surface area (Å²) in [5, 5.41) is 19.5. The summed E-state index contributed by atoms with van der Waals surface area (Å²) in [6.07, 6.45) is 0.569. The van der Waals surface area contributed by atoms with Crippen molar-refractivity contribution in [2.75, 3.05) is 5.32 Å². The van der Waals surface area contributed by atoms with Crippen molar-refractivity contribution in [3.05, 3.63) is 47.0 Å². The maximum atomic E-state index is 13.2. The zero-order chi connectivity index (χ0) is 14.7. The van der Waals surface area contributed by atoms with Crippen molar-refractivity contribution < 1.29 is 14.3 Å². The number of halogens is 1. The van der Waals surface area contributed by atoms with E-state index in [0.717, 1.165) is 6.07 Å². The molecule has 104 valence electrons. The van der Waals surface area contributed by atoms with Crippen molar-refractivity contribution in [2.45, 2.75) is 20.3 Å². The summed E-state index contributed by atoms with van der Waals surface area (Å²) in [6, 6.07) is 5.30. The van der Waals surface area contributed by atoms with Gasteiger partial charge in [-0.3, -0.25) is 4.79 Å². The van der Waals surface area contributed by atoms with Crippen LogP contribution in [0.3, 0.4) is 0 Å². The van der Waals surface area contributed by atoms with Crippen LogP contribution in [-0.2, 0) is 6.42 Å². The fourth-order valence-electron chi connectivity index (χ4n) is 1.75. The van der Waals surface area contributed by atoms with Crippen molar-refractivity contribution in [1.29, 1.82) is 0 Å². The van der Waals surface area contributed by atoms with Gasteiger partial charge in [0.1, 0.15) is 0 Å². The number of benzene rings is 1. The van der Waals surface area contributed by atoms with E-state index in [1.165, 1.54) is 12.1 Å². The third kappa shape index (κ3) is 2.90. The number of amides is 1. The van der Waals surface area contributed by atoms with Gasteiger partial charge in [-0.2, -0.15) is 10.2 Å². The topological polar surface area (TPSA) is 75.1 Å². The highest BCUT2D eigenvalue weighted by Gasteiger charge is 2.13. The van der Waals surface area contributed by atoms with Crippen LogP contribution in [0.25, 0.3) is 0 Å². The van der Waals surface area contributed by atoms with Gasteiger partial charge in [0.05, 0.1) is 17.0 Å². The fourth-order valence-corrected chi connectivity index (χ4v) is 1.75. The lowest BCUT2D eigenvalue weighted by molar-refractivity contribution is 0.102. The molecule has 0 radical (unpaired) electrons. The highest BCUT2D eigenvalue weighted by Crippen LogP contribution is 2.20. The molecule has 1 heterocycles. The number of nitrogens with one attached hydrogen (secondary N) is 1. The van der Waals surface area contributed by atoms with Gasteiger partial charge in [0.25, 0.3) is 5.91 Å². The van der Waals surface area contributed by atoms with Crippen LogP contribution in [0.2, 0.25) is 0 Å². The molecule has 0 bridgehead atoms. The Kier molecular flexibility index (Phi) is 3.93. The van der Waals surface area contributed by atoms with Crippen LogP contribution in [0, 0.1) is 12.7 Å². The number of nitrogens with zero attached hydrogens (tertiary/aromatic N) is 2. The molecule has 0 aliphatic rings. The van der Waals surface area contributed by atoms with Gasteiger partial charge in [-0.1, -0.05) is 6.92 Å². The number of aryl methyl sites for hydroxylation is 2. The van der Waals surface area contributed by atoms with Crippen molar-refractivity contribution in [2.24, 2.45) is 0 Å². The van der Waals surface area contributed by atoms with E-state index in [-0.39, 0.29) is 11.6 Å². The molecule has 0 aliphatic heterocycles. The second-order valence-electron chi connectivity index (χ2n) is 4.32. The number of aromatic hydroxyl groups is 1. The van der Waals surface area contributed by atoms with Gasteiger partial charge in [-0.15, -0.1) is 0 Å². The first kappa shape index (κ1) is 13.9. The predicted molar refractivity (Wildman–Crippen MR) is 72.2 cm³/mol. The largest absolute Gasteiger partial charge is 0.505 e. The number of rotatable bonds is 3. The Morgan fingerprint density at radius 3 is 2.75 bits per heavy atom.